The van der Waals surface area contributed by atoms with Gasteiger partial charge in [-0.1, -0.05) is 72.8 Å². The van der Waals surface area contributed by atoms with Crippen LogP contribution in [-0.4, -0.2) is 13.0 Å². The lowest BCUT2D eigenvalue weighted by Crippen LogP contribution is -2.35. The number of amides is 1. The van der Waals surface area contributed by atoms with Gasteiger partial charge in [0.2, 0.25) is 0 Å². The standard InChI is InChI=1S/C21H20N2O2/c1-23-20(24)16-12-14-19(15-13-16)21(25-22,17-8-4-2-5-9-17)18-10-6-3-7-11-18/h2-15H,22H2,1H3,(H,23,24). The van der Waals surface area contributed by atoms with Crippen molar-refractivity contribution in [1.29, 1.82) is 0 Å². The minimum Gasteiger partial charge on any atom is -0.355 e. The zero-order valence-corrected chi connectivity index (χ0v) is 14.0. The minimum absolute atomic E-state index is 0.134. The number of rotatable bonds is 5. The number of nitrogens with one attached hydrogen (secondary N) is 1. The Morgan fingerprint density at radius 3 is 1.64 bits per heavy atom. The summed E-state index contributed by atoms with van der Waals surface area (Å²) in [7, 11) is 1.61. The normalized spacial score (nSPS) is 11.1. The second-order valence-electron chi connectivity index (χ2n) is 5.69. The summed E-state index contributed by atoms with van der Waals surface area (Å²) in [5, 5.41) is 2.62. The Kier molecular flexibility index (Phi) is 4.93. The van der Waals surface area contributed by atoms with Gasteiger partial charge in [0.1, 0.15) is 0 Å². The van der Waals surface area contributed by atoms with Gasteiger partial charge in [-0.25, -0.2) is 5.90 Å². The molecule has 3 N–H and O–H groups in total. The number of benzene rings is 3. The van der Waals surface area contributed by atoms with Gasteiger partial charge in [-0.2, -0.15) is 0 Å². The third-order valence-electron chi connectivity index (χ3n) is 4.32. The molecule has 0 radical (unpaired) electrons. The summed E-state index contributed by atoms with van der Waals surface area (Å²) in [6.45, 7) is 0. The molecule has 0 saturated carbocycles. The number of carbonyl (C=O) groups excluding carboxylic acids is 1. The zero-order valence-electron chi connectivity index (χ0n) is 14.0. The van der Waals surface area contributed by atoms with Crippen LogP contribution in [0, 0.1) is 0 Å². The average Bonchev–Trinajstić information content (AvgIpc) is 2.70. The van der Waals surface area contributed by atoms with Gasteiger partial charge >= 0.3 is 0 Å². The Hall–Kier alpha value is -2.95. The predicted octanol–water partition coefficient (Wildman–Crippen LogP) is 3.23. The summed E-state index contributed by atoms with van der Waals surface area (Å²) in [6.07, 6.45) is 0. The molecule has 1 amide bonds. The molecule has 3 rings (SSSR count). The molecule has 4 heteroatoms. The Morgan fingerprint density at radius 1 is 0.800 bits per heavy atom. The van der Waals surface area contributed by atoms with Crippen LogP contribution in [0.25, 0.3) is 0 Å². The van der Waals surface area contributed by atoms with E-state index >= 15 is 0 Å². The van der Waals surface area contributed by atoms with E-state index in [9.17, 15) is 4.79 Å². The van der Waals surface area contributed by atoms with E-state index in [2.05, 4.69) is 5.32 Å². The second-order valence-corrected chi connectivity index (χ2v) is 5.69. The number of carbonyl (C=O) groups is 1. The predicted molar refractivity (Wildman–Crippen MR) is 97.9 cm³/mol. The van der Waals surface area contributed by atoms with Crippen molar-refractivity contribution in [2.24, 2.45) is 5.90 Å². The molecule has 25 heavy (non-hydrogen) atoms. The fourth-order valence-electron chi connectivity index (χ4n) is 3.05. The van der Waals surface area contributed by atoms with E-state index in [4.69, 9.17) is 10.7 Å². The number of nitrogens with two attached hydrogens (primary N) is 1. The highest BCUT2D eigenvalue weighted by atomic mass is 16.6. The topological polar surface area (TPSA) is 64.3 Å². The molecule has 0 heterocycles. The van der Waals surface area contributed by atoms with E-state index < -0.39 is 5.60 Å². The van der Waals surface area contributed by atoms with Crippen LogP contribution in [0.1, 0.15) is 27.0 Å². The van der Waals surface area contributed by atoms with Crippen molar-refractivity contribution in [2.75, 3.05) is 7.05 Å². The van der Waals surface area contributed by atoms with Crippen LogP contribution in [0.4, 0.5) is 0 Å². The van der Waals surface area contributed by atoms with E-state index in [-0.39, 0.29) is 5.91 Å². The maximum absolute atomic E-state index is 11.8. The van der Waals surface area contributed by atoms with Gasteiger partial charge in [0.25, 0.3) is 5.91 Å². The smallest absolute Gasteiger partial charge is 0.251 e. The molecule has 0 unspecified atom stereocenters. The summed E-state index contributed by atoms with van der Waals surface area (Å²) in [4.78, 5) is 17.4. The van der Waals surface area contributed by atoms with Crippen molar-refractivity contribution >= 4 is 5.91 Å². The van der Waals surface area contributed by atoms with Crippen LogP contribution in [-0.2, 0) is 10.4 Å². The van der Waals surface area contributed by atoms with Gasteiger partial charge < -0.3 is 5.32 Å². The summed E-state index contributed by atoms with van der Waals surface area (Å²) in [5.41, 5.74) is 2.30. The van der Waals surface area contributed by atoms with Crippen molar-refractivity contribution in [3.05, 3.63) is 107 Å². The third-order valence-corrected chi connectivity index (χ3v) is 4.32. The molecule has 0 fully saturated rings. The van der Waals surface area contributed by atoms with Gasteiger partial charge in [-0.15, -0.1) is 0 Å². The fraction of sp³-hybridized carbons (Fsp3) is 0.0952. The van der Waals surface area contributed by atoms with E-state index in [1.807, 2.05) is 72.8 Å². The third kappa shape index (κ3) is 3.05. The Bertz CT molecular complexity index is 791. The van der Waals surface area contributed by atoms with Gasteiger partial charge in [0.05, 0.1) is 0 Å². The van der Waals surface area contributed by atoms with E-state index in [0.717, 1.165) is 16.7 Å². The Labute approximate surface area is 147 Å². The molecule has 0 aromatic heterocycles. The molecule has 0 aliphatic carbocycles. The molecule has 4 nitrogen and oxygen atoms in total. The highest BCUT2D eigenvalue weighted by Crippen LogP contribution is 2.39. The lowest BCUT2D eigenvalue weighted by Gasteiger charge is -2.33. The highest BCUT2D eigenvalue weighted by molar-refractivity contribution is 5.94. The molecule has 0 spiro atoms. The van der Waals surface area contributed by atoms with E-state index in [0.29, 0.717) is 5.56 Å². The maximum Gasteiger partial charge on any atom is 0.251 e. The molecule has 0 bridgehead atoms. The first kappa shape index (κ1) is 16.9. The first-order valence-corrected chi connectivity index (χ1v) is 8.04. The monoisotopic (exact) mass is 332 g/mol. The lowest BCUT2D eigenvalue weighted by atomic mass is 9.80. The van der Waals surface area contributed by atoms with Gasteiger partial charge in [-0.3, -0.25) is 9.63 Å². The quantitative estimate of drug-likeness (QED) is 0.557. The molecule has 126 valence electrons. The van der Waals surface area contributed by atoms with Crippen LogP contribution < -0.4 is 11.2 Å². The Morgan fingerprint density at radius 2 is 1.24 bits per heavy atom. The summed E-state index contributed by atoms with van der Waals surface area (Å²) in [5.74, 6) is 5.71. The van der Waals surface area contributed by atoms with E-state index in [1.165, 1.54) is 0 Å². The largest absolute Gasteiger partial charge is 0.355 e. The zero-order chi connectivity index (χ0) is 17.7. The summed E-state index contributed by atoms with van der Waals surface area (Å²) < 4.78 is 0. The average molecular weight is 332 g/mol. The van der Waals surface area contributed by atoms with Crippen LogP contribution in [0.3, 0.4) is 0 Å². The molecular weight excluding hydrogens is 312 g/mol. The molecule has 3 aromatic carbocycles. The van der Waals surface area contributed by atoms with Crippen molar-refractivity contribution in [3.63, 3.8) is 0 Å². The fourth-order valence-corrected chi connectivity index (χ4v) is 3.05. The van der Waals surface area contributed by atoms with Crippen LogP contribution in [0.2, 0.25) is 0 Å². The SMILES string of the molecule is CNC(=O)c1ccc(C(ON)(c2ccccc2)c2ccccc2)cc1. The minimum atomic E-state index is -0.955. The molecule has 0 aliphatic heterocycles. The first-order valence-electron chi connectivity index (χ1n) is 8.04. The van der Waals surface area contributed by atoms with E-state index in [1.54, 1.807) is 19.2 Å². The molecule has 0 saturated heterocycles. The van der Waals surface area contributed by atoms with Gasteiger partial charge in [0.15, 0.2) is 5.60 Å². The number of hydrogen-bond acceptors (Lipinski definition) is 3. The Balaban J connectivity index is 2.20. The molecule has 0 atom stereocenters. The van der Waals surface area contributed by atoms with Crippen LogP contribution in [0.5, 0.6) is 0 Å². The van der Waals surface area contributed by atoms with Crippen molar-refractivity contribution in [1.82, 2.24) is 5.32 Å². The molecular formula is C21H20N2O2. The van der Waals surface area contributed by atoms with Gasteiger partial charge in [0, 0.05) is 12.6 Å². The highest BCUT2D eigenvalue weighted by Gasteiger charge is 2.37. The van der Waals surface area contributed by atoms with Crippen molar-refractivity contribution < 1.29 is 9.63 Å². The summed E-state index contributed by atoms with van der Waals surface area (Å²) in [6, 6.07) is 26.9. The lowest BCUT2D eigenvalue weighted by molar-refractivity contribution is 0.0117. The van der Waals surface area contributed by atoms with Gasteiger partial charge in [-0.05, 0) is 28.8 Å². The first-order chi connectivity index (χ1) is 12.2. The second kappa shape index (κ2) is 7.30. The summed E-state index contributed by atoms with van der Waals surface area (Å²) >= 11 is 0. The van der Waals surface area contributed by atoms with Crippen LogP contribution in [0.15, 0.2) is 84.9 Å². The maximum atomic E-state index is 11.8. The van der Waals surface area contributed by atoms with Crippen molar-refractivity contribution in [3.8, 4) is 0 Å². The van der Waals surface area contributed by atoms with Crippen LogP contribution >= 0.6 is 0 Å². The van der Waals surface area contributed by atoms with Crippen molar-refractivity contribution in [2.45, 2.75) is 5.60 Å². The molecule has 0 aliphatic rings. The number of hydrogen-bond donors (Lipinski definition) is 2. The molecule has 3 aromatic rings.